The number of hydrogen-bond acceptors (Lipinski definition) is 6. The van der Waals surface area contributed by atoms with Gasteiger partial charge in [-0.1, -0.05) is 12.7 Å². The Kier molecular flexibility index (Phi) is 10.3. The van der Waals surface area contributed by atoms with Gasteiger partial charge in [0.2, 0.25) is 10.0 Å². The van der Waals surface area contributed by atoms with Gasteiger partial charge in [-0.2, -0.15) is 0 Å². The summed E-state index contributed by atoms with van der Waals surface area (Å²) in [4.78, 5) is 16.0. The molecule has 10 nitrogen and oxygen atoms in total. The number of piperazine rings is 1. The second-order valence-corrected chi connectivity index (χ2v) is 11.6. The number of allylic oxidation sites excluding steroid dienone is 6. The van der Waals surface area contributed by atoms with E-state index in [0.29, 0.717) is 40.9 Å². The highest BCUT2D eigenvalue weighted by atomic mass is 32.2. The second kappa shape index (κ2) is 13.4. The Bertz CT molecular complexity index is 1310. The molecular formula is C27H39FN8O2S. The molecule has 2 aliphatic rings. The molecule has 0 atom stereocenters. The number of rotatable bonds is 10. The van der Waals surface area contributed by atoms with E-state index in [1.54, 1.807) is 24.6 Å². The van der Waals surface area contributed by atoms with E-state index in [4.69, 9.17) is 5.73 Å². The lowest BCUT2D eigenvalue weighted by molar-refractivity contribution is 0.131. The molecule has 0 aromatic carbocycles. The predicted molar refractivity (Wildman–Crippen MR) is 157 cm³/mol. The van der Waals surface area contributed by atoms with Crippen molar-refractivity contribution in [2.24, 2.45) is 15.7 Å². The van der Waals surface area contributed by atoms with Crippen molar-refractivity contribution in [2.45, 2.75) is 32.7 Å². The van der Waals surface area contributed by atoms with E-state index in [-0.39, 0.29) is 5.96 Å². The SMILES string of the molecule is C=C/C(=C(F)\C=C\N=C(N)Nc1[nH]ccc1C=NC1=C(N(C)S(C)(=O)=O)CCC=C1)N1CCN(C(C)C)CC1. The Labute approximate surface area is 230 Å². The fourth-order valence-corrected chi connectivity index (χ4v) is 4.88. The lowest BCUT2D eigenvalue weighted by atomic mass is 10.1. The van der Waals surface area contributed by atoms with Gasteiger partial charge in [-0.15, -0.1) is 0 Å². The number of aliphatic imine (C=N–C) groups is 2. The average molecular weight is 559 g/mol. The zero-order valence-electron chi connectivity index (χ0n) is 23.1. The van der Waals surface area contributed by atoms with Crippen molar-refractivity contribution in [1.29, 1.82) is 0 Å². The zero-order chi connectivity index (χ0) is 28.6. The van der Waals surface area contributed by atoms with Crippen LogP contribution in [0, 0.1) is 0 Å². The maximum absolute atomic E-state index is 14.9. The number of sulfonamides is 1. The van der Waals surface area contributed by atoms with E-state index in [9.17, 15) is 12.8 Å². The Morgan fingerprint density at radius 3 is 2.67 bits per heavy atom. The minimum atomic E-state index is -3.40. The largest absolute Gasteiger partial charge is 0.369 e. The van der Waals surface area contributed by atoms with E-state index in [0.717, 1.165) is 38.9 Å². The highest BCUT2D eigenvalue weighted by molar-refractivity contribution is 7.88. The van der Waals surface area contributed by atoms with Crippen molar-refractivity contribution < 1.29 is 12.8 Å². The Hall–Kier alpha value is -3.64. The van der Waals surface area contributed by atoms with Crippen LogP contribution in [-0.2, 0) is 10.0 Å². The van der Waals surface area contributed by atoms with E-state index in [2.05, 4.69) is 45.6 Å². The van der Waals surface area contributed by atoms with Crippen LogP contribution < -0.4 is 11.1 Å². The number of hydrogen-bond donors (Lipinski definition) is 3. The van der Waals surface area contributed by atoms with Gasteiger partial charge in [0.25, 0.3) is 0 Å². The number of aromatic amines is 1. The number of nitrogens with zero attached hydrogens (tertiary/aromatic N) is 5. The highest BCUT2D eigenvalue weighted by Crippen LogP contribution is 2.25. The molecule has 1 aromatic heterocycles. The summed E-state index contributed by atoms with van der Waals surface area (Å²) in [5.41, 5.74) is 8.33. The van der Waals surface area contributed by atoms with Gasteiger partial charge in [0.05, 0.1) is 23.3 Å². The van der Waals surface area contributed by atoms with Crippen LogP contribution >= 0.6 is 0 Å². The number of aromatic nitrogens is 1. The standard InChI is InChI=1S/C27H39FN8O2S/c1-6-24(36-17-15-35(16-18-36)20(2)3)22(28)12-14-31-27(29)33-26-21(11-13-30-26)19-32-23-9-7-8-10-25(23)34(4)39(5,37)38/h6-7,9,11-14,19-20,30H,1,8,10,15-18H2,2-5H3,(H3,29,31,33)/b14-12+,24-22-,32-19?. The smallest absolute Gasteiger partial charge is 0.231 e. The van der Waals surface area contributed by atoms with Gasteiger partial charge in [-0.25, -0.2) is 17.8 Å². The molecule has 2 heterocycles. The van der Waals surface area contributed by atoms with Crippen LogP contribution in [0.3, 0.4) is 0 Å². The maximum atomic E-state index is 14.9. The molecule has 0 radical (unpaired) electrons. The summed E-state index contributed by atoms with van der Waals surface area (Å²) in [6, 6.07) is 2.25. The van der Waals surface area contributed by atoms with Gasteiger partial charge in [0.15, 0.2) is 5.96 Å². The Morgan fingerprint density at radius 1 is 1.31 bits per heavy atom. The molecule has 12 heteroatoms. The fraction of sp³-hybridized carbons (Fsp3) is 0.407. The number of nitrogens with two attached hydrogens (primary N) is 1. The quantitative estimate of drug-likeness (QED) is 0.230. The third-order valence-corrected chi connectivity index (χ3v) is 7.84. The van der Waals surface area contributed by atoms with E-state index < -0.39 is 15.9 Å². The predicted octanol–water partition coefficient (Wildman–Crippen LogP) is 3.52. The molecule has 3 rings (SSSR count). The van der Waals surface area contributed by atoms with Crippen molar-refractivity contribution in [3.05, 3.63) is 77.8 Å². The first kappa shape index (κ1) is 29.9. The third-order valence-electron chi connectivity index (χ3n) is 6.63. The number of nitrogens with one attached hydrogen (secondary N) is 2. The number of H-pyrrole nitrogens is 1. The molecule has 0 unspecified atom stereocenters. The van der Waals surface area contributed by atoms with Crippen molar-refractivity contribution in [2.75, 3.05) is 44.8 Å². The lowest BCUT2D eigenvalue weighted by Crippen LogP contribution is -2.48. The van der Waals surface area contributed by atoms with Crippen molar-refractivity contribution in [1.82, 2.24) is 19.1 Å². The van der Waals surface area contributed by atoms with Crippen molar-refractivity contribution >= 4 is 28.0 Å². The molecule has 0 amide bonds. The summed E-state index contributed by atoms with van der Waals surface area (Å²) in [6.07, 6.45) is 13.6. The number of guanidine groups is 1. The van der Waals surface area contributed by atoms with Gasteiger partial charge < -0.3 is 20.9 Å². The summed E-state index contributed by atoms with van der Waals surface area (Å²) in [6.45, 7) is 11.3. The molecular weight excluding hydrogens is 519 g/mol. The molecule has 1 aliphatic heterocycles. The minimum absolute atomic E-state index is 0.0520. The first-order valence-corrected chi connectivity index (χ1v) is 14.7. The third kappa shape index (κ3) is 8.17. The van der Waals surface area contributed by atoms with Crippen LogP contribution in [0.5, 0.6) is 0 Å². The number of anilines is 1. The molecule has 1 aliphatic carbocycles. The summed E-state index contributed by atoms with van der Waals surface area (Å²) in [5, 5.41) is 2.95. The lowest BCUT2D eigenvalue weighted by Gasteiger charge is -2.38. The molecule has 1 aromatic rings. The molecule has 39 heavy (non-hydrogen) atoms. The van der Waals surface area contributed by atoms with Gasteiger partial charge in [-0.3, -0.25) is 14.2 Å². The normalized spacial score (nSPS) is 18.4. The minimum Gasteiger partial charge on any atom is -0.369 e. The van der Waals surface area contributed by atoms with E-state index in [1.165, 1.54) is 29.7 Å². The Balaban J connectivity index is 1.68. The summed E-state index contributed by atoms with van der Waals surface area (Å²) < 4.78 is 40.2. The molecule has 1 saturated heterocycles. The summed E-state index contributed by atoms with van der Waals surface area (Å²) >= 11 is 0. The van der Waals surface area contributed by atoms with E-state index >= 15 is 0 Å². The monoisotopic (exact) mass is 558 g/mol. The van der Waals surface area contributed by atoms with Crippen LogP contribution in [0.2, 0.25) is 0 Å². The first-order chi connectivity index (χ1) is 18.5. The van der Waals surface area contributed by atoms with Crippen LogP contribution in [-0.4, -0.2) is 85.2 Å². The highest BCUT2D eigenvalue weighted by Gasteiger charge is 2.21. The van der Waals surface area contributed by atoms with Crippen LogP contribution in [0.4, 0.5) is 10.2 Å². The topological polar surface area (TPSA) is 122 Å². The molecule has 1 fully saturated rings. The van der Waals surface area contributed by atoms with Crippen LogP contribution in [0.1, 0.15) is 32.3 Å². The molecule has 4 N–H and O–H groups in total. The first-order valence-electron chi connectivity index (χ1n) is 12.8. The Morgan fingerprint density at radius 2 is 2.03 bits per heavy atom. The van der Waals surface area contributed by atoms with Gasteiger partial charge in [0, 0.05) is 63.4 Å². The maximum Gasteiger partial charge on any atom is 0.231 e. The van der Waals surface area contributed by atoms with Crippen LogP contribution in [0.15, 0.2) is 82.2 Å². The van der Waals surface area contributed by atoms with E-state index in [1.807, 2.05) is 11.0 Å². The second-order valence-electron chi connectivity index (χ2n) is 9.58. The fourth-order valence-electron chi connectivity index (χ4n) is 4.30. The average Bonchev–Trinajstić information content (AvgIpc) is 3.34. The summed E-state index contributed by atoms with van der Waals surface area (Å²) in [5.74, 6) is 0.157. The number of halogens is 1. The van der Waals surface area contributed by atoms with Crippen molar-refractivity contribution in [3.8, 4) is 0 Å². The molecule has 0 saturated carbocycles. The van der Waals surface area contributed by atoms with Gasteiger partial charge in [-0.05, 0) is 51.0 Å². The van der Waals surface area contributed by atoms with Crippen molar-refractivity contribution in [3.63, 3.8) is 0 Å². The molecule has 0 bridgehead atoms. The zero-order valence-corrected chi connectivity index (χ0v) is 23.9. The van der Waals surface area contributed by atoms with Gasteiger partial charge in [0.1, 0.15) is 11.6 Å². The molecule has 0 spiro atoms. The summed E-state index contributed by atoms with van der Waals surface area (Å²) in [7, 11) is -1.87. The van der Waals surface area contributed by atoms with Crippen LogP contribution in [0.25, 0.3) is 0 Å². The van der Waals surface area contributed by atoms with Gasteiger partial charge >= 0.3 is 0 Å². The molecule has 212 valence electrons.